The molecule has 2 aromatic rings. The van der Waals surface area contributed by atoms with Crippen LogP contribution in [-0.2, 0) is 16.1 Å². The van der Waals surface area contributed by atoms with Gasteiger partial charge in [-0.1, -0.05) is 18.2 Å². The van der Waals surface area contributed by atoms with Crippen molar-refractivity contribution in [2.45, 2.75) is 43.6 Å². The number of methoxy groups -OCH3 is 1. The Hall–Kier alpha value is -2.77. The van der Waals surface area contributed by atoms with Crippen LogP contribution in [0, 0.1) is 0 Å². The largest absolute Gasteiger partial charge is 0.496 e. The van der Waals surface area contributed by atoms with E-state index in [1.54, 1.807) is 7.11 Å². The van der Waals surface area contributed by atoms with Gasteiger partial charge in [0.25, 0.3) is 0 Å². The first-order valence-corrected chi connectivity index (χ1v) is 10.6. The Morgan fingerprint density at radius 1 is 1.26 bits per heavy atom. The van der Waals surface area contributed by atoms with Crippen LogP contribution < -0.4 is 19.7 Å². The van der Waals surface area contributed by atoms with Gasteiger partial charge in [-0.3, -0.25) is 4.79 Å². The van der Waals surface area contributed by atoms with E-state index >= 15 is 0 Å². The van der Waals surface area contributed by atoms with Gasteiger partial charge in [0.1, 0.15) is 23.7 Å². The van der Waals surface area contributed by atoms with Crippen molar-refractivity contribution in [3.8, 4) is 11.5 Å². The second kappa shape index (κ2) is 9.16. The normalized spacial score (nSPS) is 24.0. The number of nitrogens with one attached hydrogen (secondary N) is 1. The zero-order valence-electron chi connectivity index (χ0n) is 18.2. The molecule has 0 aromatic heterocycles. The molecule has 4 atom stereocenters. The molecule has 2 aromatic carbocycles. The van der Waals surface area contributed by atoms with E-state index < -0.39 is 6.10 Å². The minimum absolute atomic E-state index is 0.0905. The Balaban J connectivity index is 1.43. The highest BCUT2D eigenvalue weighted by Crippen LogP contribution is 2.47. The topological polar surface area (TPSA) is 80.3 Å². The summed E-state index contributed by atoms with van der Waals surface area (Å²) in [5.74, 6) is 1.58. The average Bonchev–Trinajstić information content (AvgIpc) is 3.15. The second-order valence-electron chi connectivity index (χ2n) is 8.31. The van der Waals surface area contributed by atoms with Gasteiger partial charge in [-0.15, -0.1) is 0 Å². The number of anilines is 1. The van der Waals surface area contributed by atoms with E-state index in [0.29, 0.717) is 13.0 Å². The number of rotatable bonds is 7. The summed E-state index contributed by atoms with van der Waals surface area (Å²) in [6, 6.07) is 13.8. The number of aliphatic hydroxyl groups excluding tert-OH is 1. The fraction of sp³-hybridized carbons (Fsp3) is 0.458. The molecule has 1 amide bonds. The van der Waals surface area contributed by atoms with Crippen molar-refractivity contribution < 1.29 is 24.1 Å². The summed E-state index contributed by atoms with van der Waals surface area (Å²) >= 11 is 0. The van der Waals surface area contributed by atoms with Crippen LogP contribution >= 0.6 is 0 Å². The molecule has 7 nitrogen and oxygen atoms in total. The van der Waals surface area contributed by atoms with Crippen molar-refractivity contribution in [2.24, 2.45) is 0 Å². The molecule has 0 unspecified atom stereocenters. The monoisotopic (exact) mass is 426 g/mol. The number of fused-ring (bicyclic) bond motifs is 3. The molecule has 166 valence electrons. The number of ether oxygens (including phenoxy) is 3. The molecule has 31 heavy (non-hydrogen) atoms. The first-order chi connectivity index (χ1) is 15.0. The summed E-state index contributed by atoms with van der Waals surface area (Å²) in [7, 11) is 5.62. The molecular formula is C24H30N2O5. The number of carbonyl (C=O) groups excluding carboxylic acids is 1. The zero-order valence-corrected chi connectivity index (χ0v) is 18.2. The Labute approximate surface area is 182 Å². The Morgan fingerprint density at radius 3 is 2.81 bits per heavy atom. The molecule has 4 rings (SSSR count). The molecule has 2 aliphatic heterocycles. The Bertz CT molecular complexity index is 932. The molecule has 7 heteroatoms. The SMILES string of the molecule is COc1ccccc1CNC(=O)C[C@H]1C[C@H]2c3cc(N(C)C)ccc3O[C@H]2[C@@H](CO)O1. The van der Waals surface area contributed by atoms with Crippen LogP contribution in [0.25, 0.3) is 0 Å². The Kier molecular flexibility index (Phi) is 6.34. The molecule has 0 bridgehead atoms. The molecular weight excluding hydrogens is 396 g/mol. The van der Waals surface area contributed by atoms with E-state index in [9.17, 15) is 9.90 Å². The average molecular weight is 427 g/mol. The predicted molar refractivity (Wildman–Crippen MR) is 118 cm³/mol. The lowest BCUT2D eigenvalue weighted by Crippen LogP contribution is -2.47. The van der Waals surface area contributed by atoms with Gasteiger partial charge in [0.15, 0.2) is 0 Å². The number of nitrogens with zero attached hydrogens (tertiary/aromatic N) is 1. The highest BCUT2D eigenvalue weighted by atomic mass is 16.6. The van der Waals surface area contributed by atoms with Crippen LogP contribution in [0.4, 0.5) is 5.69 Å². The highest BCUT2D eigenvalue weighted by molar-refractivity contribution is 5.76. The van der Waals surface area contributed by atoms with Crippen LogP contribution in [0.5, 0.6) is 11.5 Å². The molecule has 0 aliphatic carbocycles. The number of benzene rings is 2. The lowest BCUT2D eigenvalue weighted by atomic mass is 9.84. The third kappa shape index (κ3) is 4.48. The van der Waals surface area contributed by atoms with Gasteiger partial charge in [0, 0.05) is 43.4 Å². The first-order valence-electron chi connectivity index (χ1n) is 10.6. The van der Waals surface area contributed by atoms with Crippen molar-refractivity contribution >= 4 is 11.6 Å². The minimum Gasteiger partial charge on any atom is -0.496 e. The van der Waals surface area contributed by atoms with Crippen LogP contribution in [-0.4, -0.2) is 57.1 Å². The lowest BCUT2D eigenvalue weighted by Gasteiger charge is -2.37. The van der Waals surface area contributed by atoms with Crippen molar-refractivity contribution in [1.82, 2.24) is 5.32 Å². The van der Waals surface area contributed by atoms with Gasteiger partial charge in [0.05, 0.1) is 26.2 Å². The summed E-state index contributed by atoms with van der Waals surface area (Å²) in [6.07, 6.45) is -0.0649. The van der Waals surface area contributed by atoms with E-state index in [1.165, 1.54) is 0 Å². The molecule has 0 spiro atoms. The van der Waals surface area contributed by atoms with Crippen LogP contribution in [0.1, 0.15) is 29.9 Å². The second-order valence-corrected chi connectivity index (χ2v) is 8.31. The van der Waals surface area contributed by atoms with Crippen LogP contribution in [0.15, 0.2) is 42.5 Å². The van der Waals surface area contributed by atoms with E-state index in [1.807, 2.05) is 50.5 Å². The number of amides is 1. The number of aliphatic hydroxyl groups is 1. The van der Waals surface area contributed by atoms with Crippen molar-refractivity contribution in [3.05, 3.63) is 53.6 Å². The fourth-order valence-electron chi connectivity index (χ4n) is 4.48. The maximum absolute atomic E-state index is 12.6. The van der Waals surface area contributed by atoms with E-state index in [4.69, 9.17) is 14.2 Å². The van der Waals surface area contributed by atoms with E-state index in [2.05, 4.69) is 16.3 Å². The smallest absolute Gasteiger partial charge is 0.222 e. The van der Waals surface area contributed by atoms with Gasteiger partial charge < -0.3 is 29.5 Å². The summed E-state index contributed by atoms with van der Waals surface area (Å²) < 4.78 is 17.5. The van der Waals surface area contributed by atoms with Gasteiger partial charge in [-0.2, -0.15) is 0 Å². The highest BCUT2D eigenvalue weighted by Gasteiger charge is 2.46. The van der Waals surface area contributed by atoms with E-state index in [-0.39, 0.29) is 37.1 Å². The summed E-state index contributed by atoms with van der Waals surface area (Å²) in [4.78, 5) is 14.7. The van der Waals surface area contributed by atoms with Gasteiger partial charge in [-0.05, 0) is 30.7 Å². The van der Waals surface area contributed by atoms with E-state index in [0.717, 1.165) is 28.3 Å². The predicted octanol–water partition coefficient (Wildman–Crippen LogP) is 2.46. The zero-order chi connectivity index (χ0) is 22.0. The first kappa shape index (κ1) is 21.5. The fourth-order valence-corrected chi connectivity index (χ4v) is 4.48. The van der Waals surface area contributed by atoms with Crippen molar-refractivity contribution in [2.75, 3.05) is 32.7 Å². The van der Waals surface area contributed by atoms with Crippen LogP contribution in [0.3, 0.4) is 0 Å². The molecule has 2 N–H and O–H groups in total. The van der Waals surface area contributed by atoms with Crippen molar-refractivity contribution in [1.29, 1.82) is 0 Å². The molecule has 1 fully saturated rings. The maximum atomic E-state index is 12.6. The third-order valence-electron chi connectivity index (χ3n) is 6.08. The summed E-state index contributed by atoms with van der Waals surface area (Å²) in [5.41, 5.74) is 3.14. The molecule has 0 saturated carbocycles. The summed E-state index contributed by atoms with van der Waals surface area (Å²) in [6.45, 7) is 0.248. The standard InChI is InChI=1S/C24H30N2O5/c1-26(2)16-8-9-21-18(10-16)19-11-17(30-22(14-27)24(19)31-21)12-23(28)25-13-15-6-4-5-7-20(15)29-3/h4-10,17,19,22,24,27H,11-14H2,1-3H3,(H,25,28)/t17-,19+,22-,24-/m1/s1. The van der Waals surface area contributed by atoms with Crippen LogP contribution in [0.2, 0.25) is 0 Å². The number of hydrogen-bond donors (Lipinski definition) is 2. The minimum atomic E-state index is -0.457. The third-order valence-corrected chi connectivity index (χ3v) is 6.08. The quantitative estimate of drug-likeness (QED) is 0.708. The number of hydrogen-bond acceptors (Lipinski definition) is 6. The lowest BCUT2D eigenvalue weighted by molar-refractivity contribution is -0.142. The van der Waals surface area contributed by atoms with Crippen molar-refractivity contribution in [3.63, 3.8) is 0 Å². The number of para-hydroxylation sites is 1. The molecule has 1 saturated heterocycles. The number of carbonyl (C=O) groups is 1. The summed E-state index contributed by atoms with van der Waals surface area (Å²) in [5, 5.41) is 12.9. The molecule has 2 heterocycles. The molecule has 0 radical (unpaired) electrons. The van der Waals surface area contributed by atoms with Gasteiger partial charge >= 0.3 is 0 Å². The maximum Gasteiger partial charge on any atom is 0.222 e. The van der Waals surface area contributed by atoms with Gasteiger partial charge in [0.2, 0.25) is 5.91 Å². The molecule has 2 aliphatic rings. The van der Waals surface area contributed by atoms with Gasteiger partial charge in [-0.25, -0.2) is 0 Å². The Morgan fingerprint density at radius 2 is 2.06 bits per heavy atom.